The minimum atomic E-state index is -0.238. The summed E-state index contributed by atoms with van der Waals surface area (Å²) in [4.78, 5) is 16.3. The molecule has 0 bridgehead atoms. The van der Waals surface area contributed by atoms with Gasteiger partial charge >= 0.3 is 0 Å². The Kier molecular flexibility index (Phi) is 7.42. The SMILES string of the molecule is COC(CN)CC(=O)N(CCN(C)C)Cc1ccc(C)o1. The van der Waals surface area contributed by atoms with Crippen molar-refractivity contribution < 1.29 is 13.9 Å². The van der Waals surface area contributed by atoms with E-state index in [4.69, 9.17) is 14.9 Å². The number of nitrogens with two attached hydrogens (primary N) is 1. The van der Waals surface area contributed by atoms with Crippen LogP contribution in [0.2, 0.25) is 0 Å². The zero-order valence-electron chi connectivity index (χ0n) is 13.5. The van der Waals surface area contributed by atoms with E-state index < -0.39 is 0 Å². The summed E-state index contributed by atoms with van der Waals surface area (Å²) in [7, 11) is 5.54. The molecule has 1 rings (SSSR count). The zero-order valence-corrected chi connectivity index (χ0v) is 13.5. The standard InChI is InChI=1S/C15H27N3O3/c1-12-5-6-13(21-12)11-18(8-7-17(2)3)15(19)9-14(10-16)20-4/h5-6,14H,7-11,16H2,1-4H3. The third-order valence-corrected chi connectivity index (χ3v) is 3.31. The van der Waals surface area contributed by atoms with Crippen LogP contribution in [0.25, 0.3) is 0 Å². The van der Waals surface area contributed by atoms with Crippen molar-refractivity contribution in [2.45, 2.75) is 26.0 Å². The summed E-state index contributed by atoms with van der Waals surface area (Å²) in [6, 6.07) is 3.81. The molecule has 0 saturated heterocycles. The maximum Gasteiger partial charge on any atom is 0.225 e. The molecule has 1 heterocycles. The molecular weight excluding hydrogens is 270 g/mol. The highest BCUT2D eigenvalue weighted by Crippen LogP contribution is 2.11. The number of amides is 1. The largest absolute Gasteiger partial charge is 0.464 e. The van der Waals surface area contributed by atoms with E-state index in [0.717, 1.165) is 18.1 Å². The highest BCUT2D eigenvalue weighted by molar-refractivity contribution is 5.76. The van der Waals surface area contributed by atoms with Gasteiger partial charge in [0.1, 0.15) is 11.5 Å². The molecule has 0 saturated carbocycles. The Morgan fingerprint density at radius 3 is 2.57 bits per heavy atom. The molecule has 0 fully saturated rings. The van der Waals surface area contributed by atoms with Gasteiger partial charge in [0.2, 0.25) is 5.91 Å². The Labute approximate surface area is 126 Å². The molecule has 1 aromatic heterocycles. The first-order valence-electron chi connectivity index (χ1n) is 7.17. The number of aryl methyl sites for hydroxylation is 1. The van der Waals surface area contributed by atoms with Crippen molar-refractivity contribution in [3.63, 3.8) is 0 Å². The van der Waals surface area contributed by atoms with Crippen LogP contribution < -0.4 is 5.73 Å². The van der Waals surface area contributed by atoms with Crippen molar-refractivity contribution in [1.82, 2.24) is 9.80 Å². The molecule has 0 aromatic carbocycles. The highest BCUT2D eigenvalue weighted by atomic mass is 16.5. The summed E-state index contributed by atoms with van der Waals surface area (Å²) in [6.07, 6.45) is 0.0535. The molecule has 1 aromatic rings. The summed E-state index contributed by atoms with van der Waals surface area (Å²) >= 11 is 0. The number of carbonyl (C=O) groups is 1. The van der Waals surface area contributed by atoms with Crippen LogP contribution in [0.5, 0.6) is 0 Å². The molecule has 0 radical (unpaired) electrons. The number of ether oxygens (including phenoxy) is 1. The summed E-state index contributed by atoms with van der Waals surface area (Å²) in [6.45, 7) is 4.15. The lowest BCUT2D eigenvalue weighted by Crippen LogP contribution is -2.39. The predicted octanol–water partition coefficient (Wildman–Crippen LogP) is 0.842. The third kappa shape index (κ3) is 6.29. The van der Waals surface area contributed by atoms with E-state index >= 15 is 0 Å². The van der Waals surface area contributed by atoms with E-state index in [2.05, 4.69) is 0 Å². The van der Waals surface area contributed by atoms with E-state index in [1.165, 1.54) is 0 Å². The Balaban J connectivity index is 2.68. The van der Waals surface area contributed by atoms with Crippen molar-refractivity contribution in [3.05, 3.63) is 23.7 Å². The van der Waals surface area contributed by atoms with Crippen LogP contribution >= 0.6 is 0 Å². The Morgan fingerprint density at radius 1 is 1.38 bits per heavy atom. The number of methoxy groups -OCH3 is 1. The monoisotopic (exact) mass is 297 g/mol. The second-order valence-electron chi connectivity index (χ2n) is 5.43. The minimum Gasteiger partial charge on any atom is -0.464 e. The third-order valence-electron chi connectivity index (χ3n) is 3.31. The molecule has 0 aliphatic rings. The van der Waals surface area contributed by atoms with Gasteiger partial charge in [0.15, 0.2) is 0 Å². The van der Waals surface area contributed by atoms with E-state index in [1.54, 1.807) is 12.0 Å². The molecule has 1 atom stereocenters. The van der Waals surface area contributed by atoms with E-state index in [9.17, 15) is 4.79 Å². The molecule has 21 heavy (non-hydrogen) atoms. The van der Waals surface area contributed by atoms with Gasteiger partial charge < -0.3 is 24.7 Å². The van der Waals surface area contributed by atoms with Gasteiger partial charge in [-0.15, -0.1) is 0 Å². The average molecular weight is 297 g/mol. The molecule has 0 spiro atoms. The van der Waals surface area contributed by atoms with Crippen molar-refractivity contribution in [1.29, 1.82) is 0 Å². The highest BCUT2D eigenvalue weighted by Gasteiger charge is 2.19. The van der Waals surface area contributed by atoms with Crippen molar-refractivity contribution in [2.24, 2.45) is 5.73 Å². The number of nitrogens with zero attached hydrogens (tertiary/aromatic N) is 2. The maximum atomic E-state index is 12.4. The van der Waals surface area contributed by atoms with Crippen LogP contribution in [0.1, 0.15) is 17.9 Å². The lowest BCUT2D eigenvalue weighted by Gasteiger charge is -2.25. The lowest BCUT2D eigenvalue weighted by atomic mass is 10.2. The first-order valence-corrected chi connectivity index (χ1v) is 7.17. The molecule has 6 heteroatoms. The topological polar surface area (TPSA) is 71.9 Å². The van der Waals surface area contributed by atoms with E-state index in [-0.39, 0.29) is 12.0 Å². The fourth-order valence-electron chi connectivity index (χ4n) is 1.96. The molecule has 6 nitrogen and oxygen atoms in total. The Bertz CT molecular complexity index is 428. The molecule has 0 aliphatic heterocycles. The van der Waals surface area contributed by atoms with Crippen LogP contribution in [0, 0.1) is 6.92 Å². The van der Waals surface area contributed by atoms with Gasteiger partial charge in [-0.3, -0.25) is 4.79 Å². The number of rotatable bonds is 9. The summed E-state index contributed by atoms with van der Waals surface area (Å²) < 4.78 is 10.8. The number of likely N-dealkylation sites (N-methyl/N-ethyl adjacent to an activating group) is 1. The maximum absolute atomic E-state index is 12.4. The summed E-state index contributed by atoms with van der Waals surface area (Å²) in [5.41, 5.74) is 5.59. The van der Waals surface area contributed by atoms with Gasteiger partial charge in [-0.2, -0.15) is 0 Å². The smallest absolute Gasteiger partial charge is 0.225 e. The Hall–Kier alpha value is -1.37. The van der Waals surface area contributed by atoms with Crippen molar-refractivity contribution in [3.8, 4) is 0 Å². The van der Waals surface area contributed by atoms with Gasteiger partial charge in [0, 0.05) is 26.7 Å². The first kappa shape index (κ1) is 17.7. The predicted molar refractivity (Wildman–Crippen MR) is 81.9 cm³/mol. The van der Waals surface area contributed by atoms with Crippen LogP contribution in [0.15, 0.2) is 16.5 Å². The van der Waals surface area contributed by atoms with E-state index in [1.807, 2.05) is 38.1 Å². The first-order chi connectivity index (χ1) is 9.96. The number of furan rings is 1. The quantitative estimate of drug-likeness (QED) is 0.731. The average Bonchev–Trinajstić information content (AvgIpc) is 2.85. The molecule has 1 amide bonds. The molecule has 1 unspecified atom stereocenters. The fourth-order valence-corrected chi connectivity index (χ4v) is 1.96. The molecular formula is C15H27N3O3. The van der Waals surface area contributed by atoms with Gasteiger partial charge in [-0.25, -0.2) is 0 Å². The van der Waals surface area contributed by atoms with Crippen LogP contribution in [-0.4, -0.2) is 62.7 Å². The molecule has 2 N–H and O–H groups in total. The lowest BCUT2D eigenvalue weighted by molar-refractivity contribution is -0.134. The van der Waals surface area contributed by atoms with Crippen molar-refractivity contribution in [2.75, 3.05) is 40.8 Å². The fraction of sp³-hybridized carbons (Fsp3) is 0.667. The van der Waals surface area contributed by atoms with Crippen LogP contribution in [0.4, 0.5) is 0 Å². The number of carbonyl (C=O) groups excluding carboxylic acids is 1. The normalized spacial score (nSPS) is 12.7. The van der Waals surface area contributed by atoms with Gasteiger partial charge in [0.05, 0.1) is 19.1 Å². The molecule has 120 valence electrons. The summed E-state index contributed by atoms with van der Waals surface area (Å²) in [5, 5.41) is 0. The zero-order chi connectivity index (χ0) is 15.8. The minimum absolute atomic E-state index is 0.0307. The summed E-state index contributed by atoms with van der Waals surface area (Å²) in [5.74, 6) is 1.67. The van der Waals surface area contributed by atoms with Crippen LogP contribution in [0.3, 0.4) is 0 Å². The second-order valence-corrected chi connectivity index (χ2v) is 5.43. The van der Waals surface area contributed by atoms with Crippen molar-refractivity contribution >= 4 is 5.91 Å². The number of hydrogen-bond donors (Lipinski definition) is 1. The van der Waals surface area contributed by atoms with Gasteiger partial charge in [-0.05, 0) is 33.2 Å². The van der Waals surface area contributed by atoms with E-state index in [0.29, 0.717) is 26.1 Å². The van der Waals surface area contributed by atoms with Gasteiger partial charge in [0.25, 0.3) is 0 Å². The second kappa shape index (κ2) is 8.81. The number of hydrogen-bond acceptors (Lipinski definition) is 5. The Morgan fingerprint density at radius 2 is 2.10 bits per heavy atom. The van der Waals surface area contributed by atoms with Gasteiger partial charge in [-0.1, -0.05) is 0 Å². The molecule has 0 aliphatic carbocycles. The van der Waals surface area contributed by atoms with Crippen LogP contribution in [-0.2, 0) is 16.1 Å².